The van der Waals surface area contributed by atoms with Gasteiger partial charge in [-0.05, 0) is 62.2 Å². The van der Waals surface area contributed by atoms with E-state index in [2.05, 4.69) is 5.32 Å². The van der Waals surface area contributed by atoms with Gasteiger partial charge in [-0.25, -0.2) is 0 Å². The second kappa shape index (κ2) is 9.87. The van der Waals surface area contributed by atoms with Gasteiger partial charge in [-0.2, -0.15) is 0 Å². The van der Waals surface area contributed by atoms with Gasteiger partial charge in [0.05, 0.1) is 19.3 Å². The van der Waals surface area contributed by atoms with Gasteiger partial charge in [-0.3, -0.25) is 4.79 Å². The summed E-state index contributed by atoms with van der Waals surface area (Å²) in [4.78, 5) is 12.4. The number of hydrogen-bond donors (Lipinski definition) is 1. The number of rotatable bonds is 8. The highest BCUT2D eigenvalue weighted by Crippen LogP contribution is 2.32. The molecule has 1 N–H and O–H groups in total. The van der Waals surface area contributed by atoms with Crippen LogP contribution in [0.25, 0.3) is 6.08 Å². The van der Waals surface area contributed by atoms with Crippen LogP contribution in [0.15, 0.2) is 42.5 Å². The molecule has 0 saturated carbocycles. The summed E-state index contributed by atoms with van der Waals surface area (Å²) in [5.41, 5.74) is 1.81. The maximum Gasteiger partial charge on any atom is 0.244 e. The third-order valence-corrected chi connectivity index (χ3v) is 4.42. The zero-order valence-corrected chi connectivity index (χ0v) is 17.1. The number of ether oxygens (including phenoxy) is 4. The van der Waals surface area contributed by atoms with Crippen molar-refractivity contribution < 1.29 is 23.7 Å². The third kappa shape index (κ3) is 5.44. The number of benzene rings is 2. The largest absolute Gasteiger partial charge is 0.490 e. The first-order chi connectivity index (χ1) is 14.1. The van der Waals surface area contributed by atoms with Gasteiger partial charge in [0.15, 0.2) is 23.0 Å². The molecule has 1 heterocycles. The fourth-order valence-electron chi connectivity index (χ4n) is 3.02. The van der Waals surface area contributed by atoms with Crippen LogP contribution in [0.1, 0.15) is 37.9 Å². The molecule has 2 aromatic carbocycles. The van der Waals surface area contributed by atoms with E-state index in [0.29, 0.717) is 43.7 Å². The normalized spacial score (nSPS) is 13.8. The van der Waals surface area contributed by atoms with Crippen LogP contribution in [-0.4, -0.2) is 32.3 Å². The minimum atomic E-state index is -0.181. The predicted molar refractivity (Wildman–Crippen MR) is 112 cm³/mol. The van der Waals surface area contributed by atoms with E-state index in [9.17, 15) is 4.79 Å². The summed E-state index contributed by atoms with van der Waals surface area (Å²) in [7, 11) is 0. The van der Waals surface area contributed by atoms with Crippen molar-refractivity contribution in [1.29, 1.82) is 0 Å². The van der Waals surface area contributed by atoms with Crippen LogP contribution < -0.4 is 24.3 Å². The second-order valence-electron chi connectivity index (χ2n) is 6.54. The predicted octanol–water partition coefficient (Wildman–Crippen LogP) is 4.15. The number of carbonyl (C=O) groups excluding carboxylic acids is 1. The van der Waals surface area contributed by atoms with E-state index in [1.54, 1.807) is 6.08 Å². The van der Waals surface area contributed by atoms with Crippen LogP contribution in [0.2, 0.25) is 0 Å². The molecule has 0 unspecified atom stereocenters. The SMILES string of the molecule is CCOc1ccc([C@@H](C)NC(=O)/C=C/c2ccc3c(c2)OCCO3)cc1OCC. The van der Waals surface area contributed by atoms with Gasteiger partial charge in [0, 0.05) is 6.08 Å². The molecule has 1 amide bonds. The van der Waals surface area contributed by atoms with Crippen molar-refractivity contribution in [3.05, 3.63) is 53.6 Å². The Morgan fingerprint density at radius 2 is 1.76 bits per heavy atom. The molecular weight excluding hydrogens is 370 g/mol. The van der Waals surface area contributed by atoms with Crippen molar-refractivity contribution in [3.8, 4) is 23.0 Å². The van der Waals surface area contributed by atoms with Crippen LogP contribution in [0, 0.1) is 0 Å². The monoisotopic (exact) mass is 397 g/mol. The molecule has 1 aliphatic rings. The van der Waals surface area contributed by atoms with Gasteiger partial charge in [-0.15, -0.1) is 0 Å². The highest BCUT2D eigenvalue weighted by Gasteiger charge is 2.13. The topological polar surface area (TPSA) is 66.0 Å². The molecule has 0 radical (unpaired) electrons. The van der Waals surface area contributed by atoms with E-state index >= 15 is 0 Å². The minimum absolute atomic E-state index is 0.178. The number of nitrogens with one attached hydrogen (secondary N) is 1. The van der Waals surface area contributed by atoms with Crippen molar-refractivity contribution in [2.75, 3.05) is 26.4 Å². The van der Waals surface area contributed by atoms with Gasteiger partial charge in [0.25, 0.3) is 0 Å². The molecule has 154 valence electrons. The fourth-order valence-corrected chi connectivity index (χ4v) is 3.02. The molecule has 6 heteroatoms. The summed E-state index contributed by atoms with van der Waals surface area (Å²) in [5.74, 6) is 2.63. The molecular formula is C23H27NO5. The average Bonchev–Trinajstić information content (AvgIpc) is 2.73. The van der Waals surface area contributed by atoms with Crippen LogP contribution in [0.3, 0.4) is 0 Å². The molecule has 2 aromatic rings. The first-order valence-corrected chi connectivity index (χ1v) is 9.88. The zero-order chi connectivity index (χ0) is 20.6. The third-order valence-electron chi connectivity index (χ3n) is 4.42. The molecule has 29 heavy (non-hydrogen) atoms. The lowest BCUT2D eigenvalue weighted by atomic mass is 10.1. The molecule has 0 bridgehead atoms. The minimum Gasteiger partial charge on any atom is -0.490 e. The van der Waals surface area contributed by atoms with Crippen LogP contribution in [0.4, 0.5) is 0 Å². The quantitative estimate of drug-likeness (QED) is 0.678. The molecule has 0 saturated heterocycles. The Labute approximate surface area is 171 Å². The summed E-state index contributed by atoms with van der Waals surface area (Å²) >= 11 is 0. The Morgan fingerprint density at radius 3 is 2.52 bits per heavy atom. The number of amides is 1. The maximum absolute atomic E-state index is 12.4. The fraction of sp³-hybridized carbons (Fsp3) is 0.348. The summed E-state index contributed by atoms with van der Waals surface area (Å²) in [5, 5.41) is 2.97. The first kappa shape index (κ1) is 20.6. The van der Waals surface area contributed by atoms with Gasteiger partial charge < -0.3 is 24.3 Å². The van der Waals surface area contributed by atoms with Crippen LogP contribution in [0.5, 0.6) is 23.0 Å². The van der Waals surface area contributed by atoms with Gasteiger partial charge in [0.2, 0.25) is 5.91 Å². The van der Waals surface area contributed by atoms with Crippen molar-refractivity contribution in [3.63, 3.8) is 0 Å². The molecule has 6 nitrogen and oxygen atoms in total. The molecule has 0 fully saturated rings. The Kier molecular flexibility index (Phi) is 7.00. The first-order valence-electron chi connectivity index (χ1n) is 9.88. The van der Waals surface area contributed by atoms with E-state index in [-0.39, 0.29) is 11.9 Å². The van der Waals surface area contributed by atoms with Gasteiger partial charge >= 0.3 is 0 Å². The maximum atomic E-state index is 12.4. The van der Waals surface area contributed by atoms with Crippen molar-refractivity contribution >= 4 is 12.0 Å². The highest BCUT2D eigenvalue weighted by atomic mass is 16.6. The van der Waals surface area contributed by atoms with Crippen molar-refractivity contribution in [2.24, 2.45) is 0 Å². The van der Waals surface area contributed by atoms with E-state index in [1.165, 1.54) is 6.08 Å². The lowest BCUT2D eigenvalue weighted by Gasteiger charge is -2.18. The summed E-state index contributed by atoms with van der Waals surface area (Å²) in [6.45, 7) is 7.99. The molecule has 1 atom stereocenters. The second-order valence-corrected chi connectivity index (χ2v) is 6.54. The van der Waals surface area contributed by atoms with E-state index < -0.39 is 0 Å². The lowest BCUT2D eigenvalue weighted by Crippen LogP contribution is -2.24. The summed E-state index contributed by atoms with van der Waals surface area (Å²) in [6.07, 6.45) is 3.27. The number of carbonyl (C=O) groups is 1. The molecule has 0 aromatic heterocycles. The Hall–Kier alpha value is -3.15. The average molecular weight is 397 g/mol. The van der Waals surface area contributed by atoms with E-state index in [1.807, 2.05) is 57.2 Å². The molecule has 1 aliphatic heterocycles. The molecule has 0 aliphatic carbocycles. The Morgan fingerprint density at radius 1 is 1.03 bits per heavy atom. The molecule has 0 spiro atoms. The van der Waals surface area contributed by atoms with E-state index in [4.69, 9.17) is 18.9 Å². The summed E-state index contributed by atoms with van der Waals surface area (Å²) < 4.78 is 22.3. The number of hydrogen-bond acceptors (Lipinski definition) is 5. The smallest absolute Gasteiger partial charge is 0.244 e. The summed E-state index contributed by atoms with van der Waals surface area (Å²) in [6, 6.07) is 11.1. The Bertz CT molecular complexity index is 878. The van der Waals surface area contributed by atoms with Crippen molar-refractivity contribution in [2.45, 2.75) is 26.8 Å². The van der Waals surface area contributed by atoms with Crippen LogP contribution >= 0.6 is 0 Å². The molecule has 3 rings (SSSR count). The van der Waals surface area contributed by atoms with Gasteiger partial charge in [-0.1, -0.05) is 12.1 Å². The van der Waals surface area contributed by atoms with E-state index in [0.717, 1.165) is 16.9 Å². The lowest BCUT2D eigenvalue weighted by molar-refractivity contribution is -0.117. The zero-order valence-electron chi connectivity index (χ0n) is 17.1. The van der Waals surface area contributed by atoms with Crippen molar-refractivity contribution in [1.82, 2.24) is 5.32 Å². The Balaban J connectivity index is 1.64. The number of fused-ring (bicyclic) bond motifs is 1. The van der Waals surface area contributed by atoms with Gasteiger partial charge in [0.1, 0.15) is 13.2 Å². The standard InChI is InChI=1S/C23H27NO5/c1-4-26-19-10-8-18(15-22(19)27-5-2)16(3)24-23(25)11-7-17-6-9-20-21(14-17)29-13-12-28-20/h6-11,14-16H,4-5,12-13H2,1-3H3,(H,24,25)/b11-7+/t16-/m1/s1. The highest BCUT2D eigenvalue weighted by molar-refractivity contribution is 5.92. The van der Waals surface area contributed by atoms with Crippen LogP contribution in [-0.2, 0) is 4.79 Å².